The van der Waals surface area contributed by atoms with E-state index in [-0.39, 0.29) is 11.8 Å². The van der Waals surface area contributed by atoms with Crippen LogP contribution in [0.25, 0.3) is 5.57 Å². The number of imide groups is 1. The van der Waals surface area contributed by atoms with E-state index in [1.54, 1.807) is 36.4 Å². The molecular formula is C22H15NO2. The maximum absolute atomic E-state index is 12.5. The Morgan fingerprint density at radius 2 is 1.12 bits per heavy atom. The highest BCUT2D eigenvalue weighted by Gasteiger charge is 2.36. The van der Waals surface area contributed by atoms with Crippen LogP contribution < -0.4 is 4.90 Å². The van der Waals surface area contributed by atoms with E-state index in [0.717, 1.165) is 16.7 Å². The first-order chi connectivity index (χ1) is 12.2. The van der Waals surface area contributed by atoms with Gasteiger partial charge in [0.2, 0.25) is 0 Å². The Kier molecular flexibility index (Phi) is 3.55. The lowest BCUT2D eigenvalue weighted by molar-refractivity contribution is 0.0926. The van der Waals surface area contributed by atoms with Gasteiger partial charge in [-0.1, -0.05) is 61.2 Å². The number of carbonyl (C=O) groups is 2. The highest BCUT2D eigenvalue weighted by atomic mass is 16.2. The molecule has 0 bridgehead atoms. The molecule has 0 saturated heterocycles. The van der Waals surface area contributed by atoms with E-state index < -0.39 is 0 Å². The van der Waals surface area contributed by atoms with E-state index in [1.165, 1.54) is 4.90 Å². The van der Waals surface area contributed by atoms with Gasteiger partial charge in [0.25, 0.3) is 11.8 Å². The molecule has 0 saturated carbocycles. The molecule has 0 radical (unpaired) electrons. The van der Waals surface area contributed by atoms with Gasteiger partial charge in [-0.2, -0.15) is 0 Å². The number of nitrogens with zero attached hydrogens (tertiary/aromatic N) is 1. The number of hydrogen-bond acceptors (Lipinski definition) is 2. The first-order valence-corrected chi connectivity index (χ1v) is 7.99. The smallest absolute Gasteiger partial charge is 0.266 e. The zero-order valence-electron chi connectivity index (χ0n) is 13.5. The number of hydrogen-bond donors (Lipinski definition) is 0. The minimum absolute atomic E-state index is 0.282. The van der Waals surface area contributed by atoms with Gasteiger partial charge in [0.15, 0.2) is 0 Å². The monoisotopic (exact) mass is 325 g/mol. The predicted molar refractivity (Wildman–Crippen MR) is 98.6 cm³/mol. The Bertz CT molecular complexity index is 953. The number of carbonyl (C=O) groups excluding carboxylic acids is 2. The van der Waals surface area contributed by atoms with Crippen molar-refractivity contribution < 1.29 is 9.59 Å². The summed E-state index contributed by atoms with van der Waals surface area (Å²) in [5.41, 5.74) is 4.35. The van der Waals surface area contributed by atoms with Crippen LogP contribution in [0.15, 0.2) is 85.4 Å². The molecule has 0 fully saturated rings. The standard InChI is InChI=1S/C22H15NO2/c1-15(16-7-3-2-4-8-16)17-11-13-18(14-12-17)23-21(24)19-9-5-6-10-20(19)22(23)25/h2-14H,1H2. The van der Waals surface area contributed by atoms with Gasteiger partial charge in [-0.15, -0.1) is 0 Å². The second-order valence-electron chi connectivity index (χ2n) is 5.88. The van der Waals surface area contributed by atoms with Crippen molar-refractivity contribution in [2.75, 3.05) is 4.90 Å². The molecule has 0 atom stereocenters. The first kappa shape index (κ1) is 15.1. The van der Waals surface area contributed by atoms with Crippen molar-refractivity contribution in [1.82, 2.24) is 0 Å². The maximum Gasteiger partial charge on any atom is 0.266 e. The Balaban J connectivity index is 1.65. The van der Waals surface area contributed by atoms with Crippen LogP contribution in [0, 0.1) is 0 Å². The van der Waals surface area contributed by atoms with E-state index in [0.29, 0.717) is 16.8 Å². The molecule has 1 aliphatic rings. The van der Waals surface area contributed by atoms with Gasteiger partial charge in [-0.25, -0.2) is 4.90 Å². The molecule has 120 valence electrons. The maximum atomic E-state index is 12.5. The second-order valence-corrected chi connectivity index (χ2v) is 5.88. The molecule has 0 N–H and O–H groups in total. The Morgan fingerprint density at radius 1 is 0.640 bits per heavy atom. The lowest BCUT2D eigenvalue weighted by Crippen LogP contribution is -2.29. The molecule has 0 spiro atoms. The Labute approximate surface area is 145 Å². The largest absolute Gasteiger partial charge is 0.268 e. The minimum Gasteiger partial charge on any atom is -0.268 e. The summed E-state index contributed by atoms with van der Waals surface area (Å²) in [6.45, 7) is 4.14. The van der Waals surface area contributed by atoms with Gasteiger partial charge in [-0.3, -0.25) is 9.59 Å². The number of amides is 2. The molecule has 0 unspecified atom stereocenters. The molecule has 3 nitrogen and oxygen atoms in total. The summed E-state index contributed by atoms with van der Waals surface area (Å²) in [6, 6.07) is 24.1. The topological polar surface area (TPSA) is 37.4 Å². The quantitative estimate of drug-likeness (QED) is 0.663. The van der Waals surface area contributed by atoms with Crippen molar-refractivity contribution in [3.05, 3.63) is 108 Å². The van der Waals surface area contributed by atoms with Gasteiger partial charge in [0, 0.05) is 0 Å². The fourth-order valence-corrected chi connectivity index (χ4v) is 3.04. The van der Waals surface area contributed by atoms with E-state index in [2.05, 4.69) is 6.58 Å². The van der Waals surface area contributed by atoms with E-state index in [4.69, 9.17) is 0 Å². The lowest BCUT2D eigenvalue weighted by Gasteiger charge is -2.15. The van der Waals surface area contributed by atoms with Crippen molar-refractivity contribution in [1.29, 1.82) is 0 Å². The Morgan fingerprint density at radius 3 is 1.68 bits per heavy atom. The zero-order chi connectivity index (χ0) is 17.4. The second kappa shape index (κ2) is 5.87. The molecule has 3 heteroatoms. The van der Waals surface area contributed by atoms with Crippen LogP contribution in [0.4, 0.5) is 5.69 Å². The van der Waals surface area contributed by atoms with Gasteiger partial charge in [0.05, 0.1) is 16.8 Å². The number of fused-ring (bicyclic) bond motifs is 1. The number of rotatable bonds is 3. The van der Waals surface area contributed by atoms with Gasteiger partial charge < -0.3 is 0 Å². The van der Waals surface area contributed by atoms with Crippen LogP contribution >= 0.6 is 0 Å². The summed E-state index contributed by atoms with van der Waals surface area (Å²) in [6.07, 6.45) is 0. The lowest BCUT2D eigenvalue weighted by atomic mass is 9.99. The molecular weight excluding hydrogens is 310 g/mol. The summed E-state index contributed by atoms with van der Waals surface area (Å²) in [5, 5.41) is 0. The van der Waals surface area contributed by atoms with Gasteiger partial charge in [0.1, 0.15) is 0 Å². The van der Waals surface area contributed by atoms with Gasteiger partial charge >= 0.3 is 0 Å². The fourth-order valence-electron chi connectivity index (χ4n) is 3.04. The number of anilines is 1. The molecule has 2 amide bonds. The predicted octanol–water partition coefficient (Wildman–Crippen LogP) is 4.55. The van der Waals surface area contributed by atoms with Crippen LogP contribution in [0.2, 0.25) is 0 Å². The van der Waals surface area contributed by atoms with E-state index in [1.807, 2.05) is 42.5 Å². The van der Waals surface area contributed by atoms with Crippen LogP contribution in [0.1, 0.15) is 31.8 Å². The fraction of sp³-hybridized carbons (Fsp3) is 0. The first-order valence-electron chi connectivity index (χ1n) is 7.99. The minimum atomic E-state index is -0.282. The van der Waals surface area contributed by atoms with Gasteiger partial charge in [-0.05, 0) is 41.0 Å². The molecule has 1 heterocycles. The van der Waals surface area contributed by atoms with E-state index >= 15 is 0 Å². The molecule has 0 aliphatic carbocycles. The summed E-state index contributed by atoms with van der Waals surface area (Å²) in [7, 11) is 0. The third kappa shape index (κ3) is 2.46. The van der Waals surface area contributed by atoms with Crippen molar-refractivity contribution in [3.8, 4) is 0 Å². The summed E-state index contributed by atoms with van der Waals surface area (Å²) >= 11 is 0. The highest BCUT2D eigenvalue weighted by Crippen LogP contribution is 2.30. The van der Waals surface area contributed by atoms with Crippen LogP contribution in [0.5, 0.6) is 0 Å². The third-order valence-electron chi connectivity index (χ3n) is 4.39. The van der Waals surface area contributed by atoms with E-state index in [9.17, 15) is 9.59 Å². The summed E-state index contributed by atoms with van der Waals surface area (Å²) < 4.78 is 0. The Hall–Kier alpha value is -3.46. The van der Waals surface area contributed by atoms with Crippen molar-refractivity contribution in [2.45, 2.75) is 0 Å². The average Bonchev–Trinajstić information content (AvgIpc) is 2.93. The van der Waals surface area contributed by atoms with Crippen molar-refractivity contribution >= 4 is 23.1 Å². The molecule has 3 aromatic rings. The normalized spacial score (nSPS) is 13.0. The summed E-state index contributed by atoms with van der Waals surface area (Å²) in [4.78, 5) is 26.3. The van der Waals surface area contributed by atoms with Crippen LogP contribution in [0.3, 0.4) is 0 Å². The third-order valence-corrected chi connectivity index (χ3v) is 4.39. The van der Waals surface area contributed by atoms with Crippen molar-refractivity contribution in [3.63, 3.8) is 0 Å². The molecule has 3 aromatic carbocycles. The highest BCUT2D eigenvalue weighted by molar-refractivity contribution is 6.34. The molecule has 1 aliphatic heterocycles. The van der Waals surface area contributed by atoms with Crippen LogP contribution in [-0.4, -0.2) is 11.8 Å². The molecule has 0 aromatic heterocycles. The van der Waals surface area contributed by atoms with Crippen molar-refractivity contribution in [2.24, 2.45) is 0 Å². The average molecular weight is 325 g/mol. The zero-order valence-corrected chi connectivity index (χ0v) is 13.5. The SMILES string of the molecule is C=C(c1ccccc1)c1ccc(N2C(=O)c3ccccc3C2=O)cc1. The number of benzene rings is 3. The molecule has 4 rings (SSSR count). The van der Waals surface area contributed by atoms with Crippen LogP contribution in [-0.2, 0) is 0 Å². The summed E-state index contributed by atoms with van der Waals surface area (Å²) in [5.74, 6) is -0.564. The molecule has 25 heavy (non-hydrogen) atoms.